The summed E-state index contributed by atoms with van der Waals surface area (Å²) in [5, 5.41) is 0. The molecule has 2 heterocycles. The summed E-state index contributed by atoms with van der Waals surface area (Å²) in [6.07, 6.45) is 0.773. The molecule has 194 valence electrons. The molecule has 8 heteroatoms. The molecule has 36 heavy (non-hydrogen) atoms. The highest BCUT2D eigenvalue weighted by atomic mass is 16.6. The van der Waals surface area contributed by atoms with Crippen molar-refractivity contribution in [3.8, 4) is 22.8 Å². The van der Waals surface area contributed by atoms with E-state index in [-0.39, 0.29) is 18.4 Å². The van der Waals surface area contributed by atoms with Gasteiger partial charge in [-0.3, -0.25) is 4.79 Å². The molecule has 1 aliphatic rings. The number of carbonyl (C=O) groups is 2. The van der Waals surface area contributed by atoms with Gasteiger partial charge in [0.1, 0.15) is 17.1 Å². The van der Waals surface area contributed by atoms with Gasteiger partial charge in [0.2, 0.25) is 6.41 Å². The van der Waals surface area contributed by atoms with E-state index in [9.17, 15) is 4.79 Å². The fraction of sp³-hybridized carbons (Fsp3) is 0.393. The van der Waals surface area contributed by atoms with Crippen LogP contribution in [0.25, 0.3) is 11.3 Å². The van der Waals surface area contributed by atoms with Gasteiger partial charge in [-0.1, -0.05) is 32.0 Å². The molecule has 0 bridgehead atoms. The standard InChI is InChI=1S/C25H28N2O4.C2H6.CH3NO/c1-17-22(18-10-12-21(13-11-18)29-20-8-6-5-7-9-20)30-23(26-17)19-14-15-27(16-19)24(28)31-25(2,3)4;1-2;2-1-3/h5-13,19H,14-16H2,1-4H3;1-2H3;1H,(H2,2,3). The Morgan fingerprint density at radius 3 is 2.25 bits per heavy atom. The predicted molar refractivity (Wildman–Crippen MR) is 140 cm³/mol. The maximum absolute atomic E-state index is 12.3. The average molecular weight is 496 g/mol. The van der Waals surface area contributed by atoms with E-state index in [0.29, 0.717) is 19.0 Å². The highest BCUT2D eigenvalue weighted by Gasteiger charge is 2.33. The Kier molecular flexibility index (Phi) is 10.5. The van der Waals surface area contributed by atoms with Crippen LogP contribution in [-0.2, 0) is 9.53 Å². The molecule has 2 aromatic carbocycles. The minimum absolute atomic E-state index is 0.0701. The van der Waals surface area contributed by atoms with Crippen molar-refractivity contribution in [2.45, 2.75) is 59.5 Å². The largest absolute Gasteiger partial charge is 0.457 e. The third kappa shape index (κ3) is 8.15. The third-order valence-corrected chi connectivity index (χ3v) is 5.10. The van der Waals surface area contributed by atoms with Gasteiger partial charge in [-0.15, -0.1) is 0 Å². The lowest BCUT2D eigenvalue weighted by atomic mass is 10.1. The maximum atomic E-state index is 12.3. The molecule has 1 fully saturated rings. The zero-order chi connectivity index (χ0) is 26.7. The monoisotopic (exact) mass is 495 g/mol. The Bertz CT molecular complexity index is 1090. The van der Waals surface area contributed by atoms with Gasteiger partial charge in [-0.2, -0.15) is 0 Å². The SMILES string of the molecule is CC.Cc1nc(C2CCN(C(=O)OC(C)(C)C)C2)oc1-c1ccc(Oc2ccccc2)cc1.NC=O. The van der Waals surface area contributed by atoms with E-state index >= 15 is 0 Å². The molecule has 2 N–H and O–H groups in total. The summed E-state index contributed by atoms with van der Waals surface area (Å²) in [5.41, 5.74) is 5.44. The molecule has 0 saturated carbocycles. The van der Waals surface area contributed by atoms with Gasteiger partial charge in [0.05, 0.1) is 11.6 Å². The topological polar surface area (TPSA) is 108 Å². The van der Waals surface area contributed by atoms with Crippen molar-refractivity contribution in [1.29, 1.82) is 0 Å². The van der Waals surface area contributed by atoms with E-state index in [1.807, 2.05) is 96.1 Å². The van der Waals surface area contributed by atoms with Crippen LogP contribution in [0.2, 0.25) is 0 Å². The summed E-state index contributed by atoms with van der Waals surface area (Å²) in [4.78, 5) is 27.3. The summed E-state index contributed by atoms with van der Waals surface area (Å²) >= 11 is 0. The fourth-order valence-electron chi connectivity index (χ4n) is 3.61. The van der Waals surface area contributed by atoms with Crippen molar-refractivity contribution in [2.24, 2.45) is 5.73 Å². The molecule has 1 unspecified atom stereocenters. The first-order valence-corrected chi connectivity index (χ1v) is 12.1. The molecule has 0 radical (unpaired) electrons. The van der Waals surface area contributed by atoms with Gasteiger partial charge in [0.25, 0.3) is 0 Å². The molecular formula is C28H37N3O5. The molecule has 1 saturated heterocycles. The van der Waals surface area contributed by atoms with E-state index < -0.39 is 5.60 Å². The highest BCUT2D eigenvalue weighted by molar-refractivity contribution is 5.68. The molecular weight excluding hydrogens is 458 g/mol. The zero-order valence-electron chi connectivity index (χ0n) is 22.0. The highest BCUT2D eigenvalue weighted by Crippen LogP contribution is 2.33. The van der Waals surface area contributed by atoms with E-state index in [2.05, 4.69) is 10.7 Å². The second-order valence-corrected chi connectivity index (χ2v) is 8.95. The smallest absolute Gasteiger partial charge is 0.410 e. The number of rotatable bonds is 4. The van der Waals surface area contributed by atoms with Crippen LogP contribution in [0.1, 0.15) is 58.5 Å². The molecule has 0 aliphatic carbocycles. The van der Waals surface area contributed by atoms with E-state index in [4.69, 9.17) is 18.7 Å². The van der Waals surface area contributed by atoms with E-state index in [0.717, 1.165) is 34.9 Å². The number of oxazole rings is 1. The molecule has 2 amide bonds. The Hall–Kier alpha value is -3.81. The molecule has 3 aromatic rings. The Morgan fingerprint density at radius 1 is 1.08 bits per heavy atom. The molecule has 0 spiro atoms. The molecule has 8 nitrogen and oxygen atoms in total. The van der Waals surface area contributed by atoms with Crippen molar-refractivity contribution in [3.05, 3.63) is 66.2 Å². The maximum Gasteiger partial charge on any atom is 0.410 e. The van der Waals surface area contributed by atoms with Crippen molar-refractivity contribution < 1.29 is 23.5 Å². The third-order valence-electron chi connectivity index (χ3n) is 5.10. The number of nitrogens with two attached hydrogens (primary N) is 1. The number of aryl methyl sites for hydroxylation is 1. The lowest BCUT2D eigenvalue weighted by Gasteiger charge is -2.24. The normalized spacial score (nSPS) is 14.6. The van der Waals surface area contributed by atoms with Crippen LogP contribution in [0, 0.1) is 6.92 Å². The minimum Gasteiger partial charge on any atom is -0.457 e. The number of para-hydroxylation sites is 1. The van der Waals surface area contributed by atoms with Gasteiger partial charge in [0.15, 0.2) is 11.7 Å². The Labute approximate surface area is 213 Å². The van der Waals surface area contributed by atoms with Gasteiger partial charge < -0.3 is 24.5 Å². The summed E-state index contributed by atoms with van der Waals surface area (Å²) < 4.78 is 17.5. The van der Waals surface area contributed by atoms with Crippen LogP contribution >= 0.6 is 0 Å². The number of likely N-dealkylation sites (tertiary alicyclic amines) is 1. The van der Waals surface area contributed by atoms with Crippen LogP contribution in [0.4, 0.5) is 4.79 Å². The summed E-state index contributed by atoms with van der Waals surface area (Å²) in [7, 11) is 0. The number of nitrogens with zero attached hydrogens (tertiary/aromatic N) is 2. The van der Waals surface area contributed by atoms with Crippen LogP contribution in [0.3, 0.4) is 0 Å². The van der Waals surface area contributed by atoms with Crippen molar-refractivity contribution in [2.75, 3.05) is 13.1 Å². The summed E-state index contributed by atoms with van der Waals surface area (Å²) in [6, 6.07) is 17.5. The average Bonchev–Trinajstić information content (AvgIpc) is 3.48. The number of hydrogen-bond acceptors (Lipinski definition) is 6. The van der Waals surface area contributed by atoms with Crippen LogP contribution in [0.15, 0.2) is 59.0 Å². The number of amides is 2. The van der Waals surface area contributed by atoms with E-state index in [1.165, 1.54) is 0 Å². The predicted octanol–water partition coefficient (Wildman–Crippen LogP) is 6.29. The second kappa shape index (κ2) is 13.3. The number of ether oxygens (including phenoxy) is 2. The molecule has 1 aromatic heterocycles. The zero-order valence-corrected chi connectivity index (χ0v) is 22.0. The Balaban J connectivity index is 0.000000850. The first-order valence-electron chi connectivity index (χ1n) is 12.1. The number of primary amides is 1. The van der Waals surface area contributed by atoms with Crippen LogP contribution in [0.5, 0.6) is 11.5 Å². The molecule has 1 atom stereocenters. The van der Waals surface area contributed by atoms with Gasteiger partial charge in [0, 0.05) is 18.7 Å². The van der Waals surface area contributed by atoms with Crippen LogP contribution in [-0.4, -0.2) is 41.1 Å². The quantitative estimate of drug-likeness (QED) is 0.426. The van der Waals surface area contributed by atoms with Gasteiger partial charge >= 0.3 is 6.09 Å². The molecule has 1 aliphatic heterocycles. The summed E-state index contributed by atoms with van der Waals surface area (Å²) in [6.45, 7) is 12.8. The van der Waals surface area contributed by atoms with Crippen molar-refractivity contribution in [1.82, 2.24) is 9.88 Å². The summed E-state index contributed by atoms with van der Waals surface area (Å²) in [5.74, 6) is 3.04. The first-order chi connectivity index (χ1) is 17.2. The van der Waals surface area contributed by atoms with Gasteiger partial charge in [-0.25, -0.2) is 9.78 Å². The number of aromatic nitrogens is 1. The second-order valence-electron chi connectivity index (χ2n) is 8.95. The number of hydrogen-bond donors (Lipinski definition) is 1. The lowest BCUT2D eigenvalue weighted by molar-refractivity contribution is -0.106. The van der Waals surface area contributed by atoms with Crippen molar-refractivity contribution >= 4 is 12.5 Å². The van der Waals surface area contributed by atoms with E-state index in [1.54, 1.807) is 4.90 Å². The number of carbonyl (C=O) groups excluding carboxylic acids is 2. The molecule has 4 rings (SSSR count). The fourth-order valence-corrected chi connectivity index (χ4v) is 3.61. The Morgan fingerprint density at radius 2 is 1.67 bits per heavy atom. The number of benzene rings is 2. The first kappa shape index (κ1) is 28.4. The van der Waals surface area contributed by atoms with Crippen LogP contribution < -0.4 is 10.5 Å². The lowest BCUT2D eigenvalue weighted by Crippen LogP contribution is -2.35. The van der Waals surface area contributed by atoms with Gasteiger partial charge in [-0.05, 0) is 70.5 Å². The van der Waals surface area contributed by atoms with Crippen molar-refractivity contribution in [3.63, 3.8) is 0 Å². The minimum atomic E-state index is -0.502.